The molecule has 1 heterocycles. The molecule has 0 aromatic heterocycles. The van der Waals surface area contributed by atoms with Crippen LogP contribution in [-0.2, 0) is 11.2 Å². The molecule has 1 aliphatic rings. The minimum Gasteiger partial charge on any atom is -0.356 e. The van der Waals surface area contributed by atoms with Gasteiger partial charge in [0.15, 0.2) is 5.75 Å². The van der Waals surface area contributed by atoms with Gasteiger partial charge in [0.1, 0.15) is 5.71 Å². The number of para-hydroxylation sites is 1. The number of fused-ring (bicyclic) bond motifs is 1. The molecular formula is C10H10N2O2. The van der Waals surface area contributed by atoms with Gasteiger partial charge >= 0.3 is 0 Å². The number of amides is 1. The smallest absolute Gasteiger partial charge is 0.269 e. The summed E-state index contributed by atoms with van der Waals surface area (Å²) in [7, 11) is 1.57. The van der Waals surface area contributed by atoms with Crippen LogP contribution in [0.4, 0.5) is 0 Å². The monoisotopic (exact) mass is 190 g/mol. The third-order valence-corrected chi connectivity index (χ3v) is 2.07. The van der Waals surface area contributed by atoms with Crippen LogP contribution in [0, 0.1) is 0 Å². The molecule has 72 valence electrons. The molecule has 14 heavy (non-hydrogen) atoms. The summed E-state index contributed by atoms with van der Waals surface area (Å²) in [5, 5.41) is 6.26. The second kappa shape index (κ2) is 3.49. The molecule has 0 bridgehead atoms. The molecule has 0 aliphatic carbocycles. The highest BCUT2D eigenvalue weighted by atomic mass is 16.6. The summed E-state index contributed by atoms with van der Waals surface area (Å²) in [5.74, 6) is 0.527. The fraction of sp³-hybridized carbons (Fsp3) is 0.200. The SMILES string of the molecule is CNC(=O)C1=NOc2ccccc2C1. The lowest BCUT2D eigenvalue weighted by molar-refractivity contribution is -0.114. The maximum absolute atomic E-state index is 11.3. The Morgan fingerprint density at radius 3 is 3.07 bits per heavy atom. The van der Waals surface area contributed by atoms with Crippen molar-refractivity contribution in [1.82, 2.24) is 5.32 Å². The number of nitrogens with zero attached hydrogens (tertiary/aromatic N) is 1. The second-order valence-electron chi connectivity index (χ2n) is 2.99. The van der Waals surface area contributed by atoms with Crippen molar-refractivity contribution < 1.29 is 9.63 Å². The van der Waals surface area contributed by atoms with Crippen molar-refractivity contribution in [2.24, 2.45) is 5.16 Å². The summed E-state index contributed by atoms with van der Waals surface area (Å²) in [6.07, 6.45) is 0.524. The average Bonchev–Trinajstić information content (AvgIpc) is 2.27. The Hall–Kier alpha value is -1.84. The lowest BCUT2D eigenvalue weighted by Gasteiger charge is -2.13. The zero-order chi connectivity index (χ0) is 9.97. The van der Waals surface area contributed by atoms with Crippen molar-refractivity contribution in [3.8, 4) is 5.75 Å². The maximum Gasteiger partial charge on any atom is 0.269 e. The molecule has 1 aromatic carbocycles. The van der Waals surface area contributed by atoms with Crippen molar-refractivity contribution in [1.29, 1.82) is 0 Å². The van der Waals surface area contributed by atoms with Gasteiger partial charge in [-0.3, -0.25) is 4.79 Å². The summed E-state index contributed by atoms with van der Waals surface area (Å²) in [6, 6.07) is 7.54. The fourth-order valence-electron chi connectivity index (χ4n) is 1.32. The highest BCUT2D eigenvalue weighted by Crippen LogP contribution is 2.22. The normalized spacial score (nSPS) is 13.6. The van der Waals surface area contributed by atoms with Gasteiger partial charge in [-0.05, 0) is 6.07 Å². The Balaban J connectivity index is 2.25. The highest BCUT2D eigenvalue weighted by molar-refractivity contribution is 6.39. The third kappa shape index (κ3) is 1.46. The van der Waals surface area contributed by atoms with E-state index in [1.165, 1.54) is 0 Å². The number of carbonyl (C=O) groups excluding carboxylic acids is 1. The van der Waals surface area contributed by atoms with Crippen LogP contribution in [-0.4, -0.2) is 18.7 Å². The molecule has 4 heteroatoms. The van der Waals surface area contributed by atoms with Gasteiger partial charge in [-0.1, -0.05) is 23.4 Å². The van der Waals surface area contributed by atoms with Gasteiger partial charge in [-0.2, -0.15) is 0 Å². The Labute approximate surface area is 81.6 Å². The Morgan fingerprint density at radius 1 is 1.50 bits per heavy atom. The van der Waals surface area contributed by atoms with Crippen LogP contribution in [0.2, 0.25) is 0 Å². The van der Waals surface area contributed by atoms with Gasteiger partial charge in [-0.15, -0.1) is 0 Å². The zero-order valence-electron chi connectivity index (χ0n) is 7.78. The van der Waals surface area contributed by atoms with E-state index in [0.717, 1.165) is 11.3 Å². The lowest BCUT2D eigenvalue weighted by Crippen LogP contribution is -2.31. The fourth-order valence-corrected chi connectivity index (χ4v) is 1.32. The molecule has 0 atom stereocenters. The number of oxime groups is 1. The van der Waals surface area contributed by atoms with E-state index in [-0.39, 0.29) is 5.91 Å². The zero-order valence-corrected chi connectivity index (χ0v) is 7.78. The quantitative estimate of drug-likeness (QED) is 0.709. The Kier molecular flexibility index (Phi) is 2.18. The van der Waals surface area contributed by atoms with E-state index in [2.05, 4.69) is 10.5 Å². The largest absolute Gasteiger partial charge is 0.356 e. The van der Waals surface area contributed by atoms with Gasteiger partial charge < -0.3 is 10.2 Å². The molecular weight excluding hydrogens is 180 g/mol. The standard InChI is InChI=1S/C10H10N2O2/c1-11-10(13)8-6-7-4-2-3-5-9(7)14-12-8/h2-5H,6H2,1H3,(H,11,13). The van der Waals surface area contributed by atoms with Gasteiger partial charge in [0.2, 0.25) is 0 Å². The predicted molar refractivity (Wildman–Crippen MR) is 52.3 cm³/mol. The van der Waals surface area contributed by atoms with E-state index in [9.17, 15) is 4.79 Å². The molecule has 0 saturated carbocycles. The first kappa shape index (κ1) is 8.74. The van der Waals surface area contributed by atoms with Crippen LogP contribution in [0.3, 0.4) is 0 Å². The number of rotatable bonds is 1. The van der Waals surface area contributed by atoms with E-state index in [1.807, 2.05) is 24.3 Å². The molecule has 1 amide bonds. The number of carbonyl (C=O) groups is 1. The van der Waals surface area contributed by atoms with Crippen molar-refractivity contribution in [3.63, 3.8) is 0 Å². The van der Waals surface area contributed by atoms with Crippen molar-refractivity contribution in [2.75, 3.05) is 7.05 Å². The summed E-state index contributed by atoms with van der Waals surface area (Å²) >= 11 is 0. The summed E-state index contributed by atoms with van der Waals surface area (Å²) in [5.41, 5.74) is 1.40. The number of nitrogens with one attached hydrogen (secondary N) is 1. The first-order valence-electron chi connectivity index (χ1n) is 4.35. The maximum atomic E-state index is 11.3. The van der Waals surface area contributed by atoms with E-state index in [4.69, 9.17) is 4.84 Å². The van der Waals surface area contributed by atoms with Crippen LogP contribution >= 0.6 is 0 Å². The van der Waals surface area contributed by atoms with Crippen molar-refractivity contribution in [3.05, 3.63) is 29.8 Å². The second-order valence-corrected chi connectivity index (χ2v) is 2.99. The summed E-state index contributed by atoms with van der Waals surface area (Å²) < 4.78 is 0. The number of hydrogen-bond donors (Lipinski definition) is 1. The Morgan fingerprint density at radius 2 is 2.29 bits per heavy atom. The molecule has 1 aliphatic heterocycles. The molecule has 4 nitrogen and oxygen atoms in total. The first-order chi connectivity index (χ1) is 6.81. The third-order valence-electron chi connectivity index (χ3n) is 2.07. The Bertz CT molecular complexity index is 399. The average molecular weight is 190 g/mol. The van der Waals surface area contributed by atoms with E-state index < -0.39 is 0 Å². The molecule has 2 rings (SSSR count). The van der Waals surface area contributed by atoms with Gasteiger partial charge in [-0.25, -0.2) is 0 Å². The van der Waals surface area contributed by atoms with Crippen LogP contribution in [0.1, 0.15) is 5.56 Å². The van der Waals surface area contributed by atoms with Gasteiger partial charge in [0, 0.05) is 19.0 Å². The van der Waals surface area contributed by atoms with Crippen molar-refractivity contribution >= 4 is 11.6 Å². The minimum absolute atomic E-state index is 0.195. The van der Waals surface area contributed by atoms with Gasteiger partial charge in [0.05, 0.1) is 0 Å². The molecule has 1 aromatic rings. The van der Waals surface area contributed by atoms with Crippen LogP contribution in [0.15, 0.2) is 29.4 Å². The van der Waals surface area contributed by atoms with E-state index in [1.54, 1.807) is 7.05 Å². The predicted octanol–water partition coefficient (Wildman–Crippen LogP) is 0.723. The highest BCUT2D eigenvalue weighted by Gasteiger charge is 2.18. The van der Waals surface area contributed by atoms with Crippen LogP contribution in [0.5, 0.6) is 5.75 Å². The van der Waals surface area contributed by atoms with Crippen LogP contribution in [0.25, 0.3) is 0 Å². The van der Waals surface area contributed by atoms with E-state index in [0.29, 0.717) is 12.1 Å². The summed E-state index contributed by atoms with van der Waals surface area (Å²) in [4.78, 5) is 16.3. The molecule has 0 radical (unpaired) electrons. The molecule has 0 saturated heterocycles. The molecule has 0 spiro atoms. The minimum atomic E-state index is -0.195. The van der Waals surface area contributed by atoms with Crippen molar-refractivity contribution in [2.45, 2.75) is 6.42 Å². The lowest BCUT2D eigenvalue weighted by atomic mass is 10.1. The first-order valence-corrected chi connectivity index (χ1v) is 4.35. The van der Waals surface area contributed by atoms with Gasteiger partial charge in [0.25, 0.3) is 5.91 Å². The number of benzene rings is 1. The summed E-state index contributed by atoms with van der Waals surface area (Å²) in [6.45, 7) is 0. The molecule has 1 N–H and O–H groups in total. The molecule has 0 fully saturated rings. The topological polar surface area (TPSA) is 50.7 Å². The number of hydrogen-bond acceptors (Lipinski definition) is 3. The molecule has 0 unspecified atom stereocenters. The van der Waals surface area contributed by atoms with E-state index >= 15 is 0 Å². The van der Waals surface area contributed by atoms with Crippen LogP contribution < -0.4 is 10.2 Å².